The molecule has 1 fully saturated rings. The van der Waals surface area contributed by atoms with Crippen LogP contribution in [0, 0.1) is 0 Å². The molecule has 0 aromatic rings. The third-order valence-electron chi connectivity index (χ3n) is 2.55. The summed E-state index contributed by atoms with van der Waals surface area (Å²) in [5, 5.41) is 2.72. The second-order valence-corrected chi connectivity index (χ2v) is 3.82. The van der Waals surface area contributed by atoms with Gasteiger partial charge in [-0.05, 0) is 7.05 Å². The van der Waals surface area contributed by atoms with Gasteiger partial charge >= 0.3 is 6.03 Å². The Morgan fingerprint density at radius 2 is 1.94 bits per heavy atom. The van der Waals surface area contributed by atoms with Gasteiger partial charge in [-0.3, -0.25) is 0 Å². The van der Waals surface area contributed by atoms with Crippen LogP contribution in [0.1, 0.15) is 0 Å². The van der Waals surface area contributed by atoms with Crippen molar-refractivity contribution in [1.82, 2.24) is 15.1 Å². The average Bonchev–Trinajstić information content (AvgIpc) is 2.29. The monoisotopic (exact) mass is 231 g/mol. The number of amides is 2. The maximum atomic E-state index is 11.6. The highest BCUT2D eigenvalue weighted by Gasteiger charge is 2.18. The van der Waals surface area contributed by atoms with Crippen LogP contribution in [-0.4, -0.2) is 76.1 Å². The number of methoxy groups -OCH3 is 1. The van der Waals surface area contributed by atoms with E-state index in [2.05, 4.69) is 17.3 Å². The molecule has 0 bridgehead atoms. The minimum atomic E-state index is -0.0504. The molecule has 6 nitrogen and oxygen atoms in total. The summed E-state index contributed by atoms with van der Waals surface area (Å²) in [4.78, 5) is 15.6. The van der Waals surface area contributed by atoms with Crippen LogP contribution in [0.15, 0.2) is 0 Å². The molecule has 1 saturated heterocycles. The second-order valence-electron chi connectivity index (χ2n) is 3.82. The third kappa shape index (κ3) is 4.78. The van der Waals surface area contributed by atoms with Gasteiger partial charge in [0.25, 0.3) is 0 Å². The summed E-state index contributed by atoms with van der Waals surface area (Å²) in [6.45, 7) is 4.70. The van der Waals surface area contributed by atoms with Gasteiger partial charge in [-0.1, -0.05) is 0 Å². The van der Waals surface area contributed by atoms with Crippen LogP contribution in [0.4, 0.5) is 4.79 Å². The van der Waals surface area contributed by atoms with Gasteiger partial charge in [0.15, 0.2) is 0 Å². The van der Waals surface area contributed by atoms with Crippen molar-refractivity contribution >= 4 is 6.03 Å². The molecule has 16 heavy (non-hydrogen) atoms. The molecule has 1 N–H and O–H groups in total. The predicted molar refractivity (Wildman–Crippen MR) is 60.3 cm³/mol. The SMILES string of the molecule is COCCOCNC(=O)N1CCN(C)CC1. The van der Waals surface area contributed by atoms with E-state index < -0.39 is 0 Å². The number of nitrogens with zero attached hydrogens (tertiary/aromatic N) is 2. The van der Waals surface area contributed by atoms with Gasteiger partial charge in [-0.2, -0.15) is 0 Å². The van der Waals surface area contributed by atoms with Gasteiger partial charge in [-0.15, -0.1) is 0 Å². The molecule has 1 aliphatic heterocycles. The Labute approximate surface area is 96.5 Å². The van der Waals surface area contributed by atoms with Gasteiger partial charge in [0.2, 0.25) is 0 Å². The Kier molecular flexibility index (Phi) is 6.14. The maximum absolute atomic E-state index is 11.6. The first kappa shape index (κ1) is 13.2. The fraction of sp³-hybridized carbons (Fsp3) is 0.900. The second kappa shape index (κ2) is 7.43. The Bertz CT molecular complexity index is 205. The summed E-state index contributed by atoms with van der Waals surface area (Å²) in [6, 6.07) is -0.0504. The van der Waals surface area contributed by atoms with Gasteiger partial charge in [-0.25, -0.2) is 4.79 Å². The first-order valence-electron chi connectivity index (χ1n) is 5.52. The highest BCUT2D eigenvalue weighted by atomic mass is 16.5. The molecule has 1 rings (SSSR count). The fourth-order valence-electron chi connectivity index (χ4n) is 1.45. The number of urea groups is 1. The quantitative estimate of drug-likeness (QED) is 0.515. The van der Waals surface area contributed by atoms with Crippen molar-refractivity contribution in [3.05, 3.63) is 0 Å². The highest BCUT2D eigenvalue weighted by molar-refractivity contribution is 5.74. The zero-order valence-electron chi connectivity index (χ0n) is 10.1. The highest BCUT2D eigenvalue weighted by Crippen LogP contribution is 1.98. The zero-order chi connectivity index (χ0) is 11.8. The molecule has 94 valence electrons. The molecule has 0 aliphatic carbocycles. The zero-order valence-corrected chi connectivity index (χ0v) is 10.1. The number of carbonyl (C=O) groups is 1. The molecule has 0 unspecified atom stereocenters. The molecule has 1 heterocycles. The van der Waals surface area contributed by atoms with E-state index in [-0.39, 0.29) is 12.8 Å². The molecular formula is C10H21N3O3. The van der Waals surface area contributed by atoms with Crippen molar-refractivity contribution in [2.45, 2.75) is 0 Å². The van der Waals surface area contributed by atoms with E-state index in [0.717, 1.165) is 26.2 Å². The van der Waals surface area contributed by atoms with E-state index in [9.17, 15) is 4.79 Å². The topological polar surface area (TPSA) is 54.0 Å². The lowest BCUT2D eigenvalue weighted by Gasteiger charge is -2.32. The lowest BCUT2D eigenvalue weighted by Crippen LogP contribution is -2.51. The molecule has 0 atom stereocenters. The molecule has 0 radical (unpaired) electrons. The first-order valence-corrected chi connectivity index (χ1v) is 5.52. The smallest absolute Gasteiger partial charge is 0.319 e. The van der Waals surface area contributed by atoms with Crippen LogP contribution in [0.2, 0.25) is 0 Å². The van der Waals surface area contributed by atoms with Crippen LogP contribution in [0.25, 0.3) is 0 Å². The van der Waals surface area contributed by atoms with Crippen LogP contribution < -0.4 is 5.32 Å². The maximum Gasteiger partial charge on any atom is 0.319 e. The van der Waals surface area contributed by atoms with Crippen LogP contribution >= 0.6 is 0 Å². The van der Waals surface area contributed by atoms with Crippen molar-refractivity contribution in [1.29, 1.82) is 0 Å². The lowest BCUT2D eigenvalue weighted by atomic mass is 10.3. The van der Waals surface area contributed by atoms with Crippen LogP contribution in [0.3, 0.4) is 0 Å². The van der Waals surface area contributed by atoms with E-state index in [0.29, 0.717) is 13.2 Å². The number of nitrogens with one attached hydrogen (secondary N) is 1. The van der Waals surface area contributed by atoms with Crippen LogP contribution in [0.5, 0.6) is 0 Å². The average molecular weight is 231 g/mol. The molecule has 0 saturated carbocycles. The van der Waals surface area contributed by atoms with Gasteiger partial charge < -0.3 is 24.6 Å². The van der Waals surface area contributed by atoms with Crippen LogP contribution in [-0.2, 0) is 9.47 Å². The standard InChI is InChI=1S/C10H21N3O3/c1-12-3-5-13(6-4-12)10(14)11-9-16-8-7-15-2/h3-9H2,1-2H3,(H,11,14). The first-order chi connectivity index (χ1) is 7.74. The van der Waals surface area contributed by atoms with E-state index in [4.69, 9.17) is 9.47 Å². The minimum absolute atomic E-state index is 0.0504. The summed E-state index contributed by atoms with van der Waals surface area (Å²) < 4.78 is 9.99. The Balaban J connectivity index is 2.06. The number of rotatable bonds is 5. The van der Waals surface area contributed by atoms with Crippen molar-refractivity contribution < 1.29 is 14.3 Å². The van der Waals surface area contributed by atoms with Gasteiger partial charge in [0, 0.05) is 33.3 Å². The third-order valence-corrected chi connectivity index (χ3v) is 2.55. The Morgan fingerprint density at radius 1 is 1.25 bits per heavy atom. The van der Waals surface area contributed by atoms with E-state index >= 15 is 0 Å². The summed E-state index contributed by atoms with van der Waals surface area (Å²) >= 11 is 0. The number of ether oxygens (including phenoxy) is 2. The number of hydrogen-bond donors (Lipinski definition) is 1. The molecule has 0 aromatic carbocycles. The lowest BCUT2D eigenvalue weighted by molar-refractivity contribution is 0.0601. The normalized spacial score (nSPS) is 17.5. The minimum Gasteiger partial charge on any atom is -0.382 e. The Morgan fingerprint density at radius 3 is 2.56 bits per heavy atom. The number of likely N-dealkylation sites (N-methyl/N-ethyl adjacent to an activating group) is 1. The van der Waals surface area contributed by atoms with E-state index in [1.165, 1.54) is 0 Å². The number of hydrogen-bond acceptors (Lipinski definition) is 4. The largest absolute Gasteiger partial charge is 0.382 e. The summed E-state index contributed by atoms with van der Waals surface area (Å²) in [7, 11) is 3.68. The number of piperazine rings is 1. The van der Waals surface area contributed by atoms with E-state index in [1.54, 1.807) is 12.0 Å². The van der Waals surface area contributed by atoms with Crippen molar-refractivity contribution in [2.24, 2.45) is 0 Å². The Hall–Kier alpha value is -0.850. The molecule has 1 aliphatic rings. The summed E-state index contributed by atoms with van der Waals surface area (Å²) in [6.07, 6.45) is 0. The van der Waals surface area contributed by atoms with Gasteiger partial charge in [0.1, 0.15) is 6.73 Å². The summed E-state index contributed by atoms with van der Waals surface area (Å²) in [5.74, 6) is 0. The molecular weight excluding hydrogens is 210 g/mol. The predicted octanol–water partition coefficient (Wildman–Crippen LogP) is -0.436. The molecule has 0 spiro atoms. The van der Waals surface area contributed by atoms with Crippen molar-refractivity contribution in [3.63, 3.8) is 0 Å². The van der Waals surface area contributed by atoms with Crippen molar-refractivity contribution in [3.8, 4) is 0 Å². The van der Waals surface area contributed by atoms with Gasteiger partial charge in [0.05, 0.1) is 13.2 Å². The summed E-state index contributed by atoms with van der Waals surface area (Å²) in [5.41, 5.74) is 0. The van der Waals surface area contributed by atoms with E-state index in [1.807, 2.05) is 0 Å². The number of carbonyl (C=O) groups excluding carboxylic acids is 1. The fourth-order valence-corrected chi connectivity index (χ4v) is 1.45. The molecule has 6 heteroatoms. The molecule has 2 amide bonds. The molecule has 0 aromatic heterocycles. The van der Waals surface area contributed by atoms with Crippen molar-refractivity contribution in [2.75, 3.05) is 60.3 Å².